The average molecular weight is 338 g/mol. The topological polar surface area (TPSA) is 38.8 Å². The second-order valence-electron chi connectivity index (χ2n) is 4.81. The van der Waals surface area contributed by atoms with Crippen molar-refractivity contribution >= 4 is 23.2 Å². The monoisotopic (exact) mass is 337 g/mol. The summed E-state index contributed by atoms with van der Waals surface area (Å²) in [5, 5.41) is 0. The quantitative estimate of drug-likeness (QED) is 0.756. The van der Waals surface area contributed by atoms with Gasteiger partial charge in [-0.2, -0.15) is 0 Å². The molecule has 0 aliphatic carbocycles. The molecular weight excluding hydrogens is 321 g/mol. The van der Waals surface area contributed by atoms with Crippen LogP contribution in [0.25, 0.3) is 0 Å². The van der Waals surface area contributed by atoms with Crippen molar-refractivity contribution in [2.24, 2.45) is 0 Å². The molecule has 0 N–H and O–H groups in total. The highest BCUT2D eigenvalue weighted by Gasteiger charge is 2.17. The van der Waals surface area contributed by atoms with Gasteiger partial charge in [0, 0.05) is 18.2 Å². The van der Waals surface area contributed by atoms with Crippen LogP contribution < -0.4 is 14.4 Å². The third kappa shape index (κ3) is 4.36. The standard InChI is InChI=1S/C17H17ClFNO3/c1-22-15-7-14(8-16(9-15)23-2)20(17(21)10-18)11-12-3-5-13(19)6-4-12/h3-9H,10-11H2,1-2H3. The number of halogens is 2. The molecule has 0 unspecified atom stereocenters. The number of anilines is 1. The number of rotatable bonds is 6. The van der Waals surface area contributed by atoms with Crippen LogP contribution in [0.4, 0.5) is 10.1 Å². The molecule has 1 amide bonds. The molecule has 0 saturated carbocycles. The zero-order valence-electron chi connectivity index (χ0n) is 12.9. The maximum Gasteiger partial charge on any atom is 0.242 e. The maximum absolute atomic E-state index is 13.0. The molecule has 0 bridgehead atoms. The molecule has 0 aromatic heterocycles. The molecule has 0 aliphatic heterocycles. The third-order valence-electron chi connectivity index (χ3n) is 3.32. The van der Waals surface area contributed by atoms with Gasteiger partial charge in [0.2, 0.25) is 5.91 Å². The molecule has 0 heterocycles. The first kappa shape index (κ1) is 17.1. The molecule has 0 aliphatic rings. The van der Waals surface area contributed by atoms with Gasteiger partial charge in [-0.15, -0.1) is 11.6 Å². The van der Waals surface area contributed by atoms with Gasteiger partial charge in [0.25, 0.3) is 0 Å². The molecule has 0 fully saturated rings. The van der Waals surface area contributed by atoms with E-state index in [0.717, 1.165) is 5.56 Å². The molecule has 23 heavy (non-hydrogen) atoms. The molecule has 0 radical (unpaired) electrons. The Kier molecular flexibility index (Phi) is 5.82. The molecule has 0 saturated heterocycles. The van der Waals surface area contributed by atoms with Crippen molar-refractivity contribution < 1.29 is 18.7 Å². The van der Waals surface area contributed by atoms with E-state index >= 15 is 0 Å². The van der Waals surface area contributed by atoms with Crippen LogP contribution in [0.3, 0.4) is 0 Å². The van der Waals surface area contributed by atoms with Crippen molar-refractivity contribution in [2.75, 3.05) is 25.0 Å². The minimum Gasteiger partial charge on any atom is -0.497 e. The van der Waals surface area contributed by atoms with Crippen LogP contribution in [-0.2, 0) is 11.3 Å². The summed E-state index contributed by atoms with van der Waals surface area (Å²) in [7, 11) is 3.07. The number of alkyl halides is 1. The summed E-state index contributed by atoms with van der Waals surface area (Å²) in [6.07, 6.45) is 0. The molecule has 122 valence electrons. The summed E-state index contributed by atoms with van der Waals surface area (Å²) in [6.45, 7) is 0.266. The Hall–Kier alpha value is -2.27. The van der Waals surface area contributed by atoms with E-state index in [-0.39, 0.29) is 24.1 Å². The highest BCUT2D eigenvalue weighted by atomic mass is 35.5. The third-order valence-corrected chi connectivity index (χ3v) is 3.55. The minimum atomic E-state index is -0.327. The van der Waals surface area contributed by atoms with Crippen molar-refractivity contribution in [3.63, 3.8) is 0 Å². The van der Waals surface area contributed by atoms with Crippen LogP contribution in [0.15, 0.2) is 42.5 Å². The predicted octanol–water partition coefficient (Wildman–Crippen LogP) is 3.61. The number of amides is 1. The lowest BCUT2D eigenvalue weighted by molar-refractivity contribution is -0.116. The molecule has 2 aromatic carbocycles. The first-order valence-electron chi connectivity index (χ1n) is 6.91. The molecule has 0 atom stereocenters. The van der Waals surface area contributed by atoms with E-state index in [1.165, 1.54) is 31.3 Å². The van der Waals surface area contributed by atoms with Gasteiger partial charge in [-0.3, -0.25) is 4.79 Å². The van der Waals surface area contributed by atoms with Gasteiger partial charge in [-0.05, 0) is 17.7 Å². The number of ether oxygens (including phenoxy) is 2. The Morgan fingerprint density at radius 2 is 1.65 bits per heavy atom. The second-order valence-corrected chi connectivity index (χ2v) is 5.08. The summed E-state index contributed by atoms with van der Waals surface area (Å²) >= 11 is 5.72. The molecule has 6 heteroatoms. The summed E-state index contributed by atoms with van der Waals surface area (Å²) < 4.78 is 23.5. The zero-order valence-corrected chi connectivity index (χ0v) is 13.6. The van der Waals surface area contributed by atoms with Crippen LogP contribution >= 0.6 is 11.6 Å². The van der Waals surface area contributed by atoms with Crippen LogP contribution in [0.5, 0.6) is 11.5 Å². The molecule has 4 nitrogen and oxygen atoms in total. The fourth-order valence-electron chi connectivity index (χ4n) is 2.12. The van der Waals surface area contributed by atoms with Crippen molar-refractivity contribution in [3.05, 3.63) is 53.8 Å². The number of benzene rings is 2. The number of hydrogen-bond acceptors (Lipinski definition) is 3. The summed E-state index contributed by atoms with van der Waals surface area (Å²) in [5.41, 5.74) is 1.38. The largest absolute Gasteiger partial charge is 0.497 e. The molecule has 2 aromatic rings. The Balaban J connectivity index is 2.38. The van der Waals surface area contributed by atoms with Gasteiger partial charge in [-0.1, -0.05) is 12.1 Å². The first-order valence-corrected chi connectivity index (χ1v) is 7.44. The highest BCUT2D eigenvalue weighted by Crippen LogP contribution is 2.29. The molecule has 0 spiro atoms. The van der Waals surface area contributed by atoms with E-state index in [0.29, 0.717) is 17.2 Å². The van der Waals surface area contributed by atoms with Gasteiger partial charge in [0.15, 0.2) is 0 Å². The smallest absolute Gasteiger partial charge is 0.242 e. The maximum atomic E-state index is 13.0. The van der Waals surface area contributed by atoms with Crippen molar-refractivity contribution in [1.29, 1.82) is 0 Å². The van der Waals surface area contributed by atoms with Crippen LogP contribution in [0.2, 0.25) is 0 Å². The normalized spacial score (nSPS) is 10.3. The van der Waals surface area contributed by atoms with E-state index in [4.69, 9.17) is 21.1 Å². The van der Waals surface area contributed by atoms with E-state index in [2.05, 4.69) is 0 Å². The number of carbonyl (C=O) groups is 1. The van der Waals surface area contributed by atoms with Crippen LogP contribution in [-0.4, -0.2) is 26.0 Å². The Bertz CT molecular complexity index is 654. The van der Waals surface area contributed by atoms with Crippen molar-refractivity contribution in [1.82, 2.24) is 0 Å². The second kappa shape index (κ2) is 7.83. The van der Waals surface area contributed by atoms with E-state index in [1.807, 2.05) is 0 Å². The van der Waals surface area contributed by atoms with Gasteiger partial charge >= 0.3 is 0 Å². The van der Waals surface area contributed by atoms with Crippen molar-refractivity contribution in [2.45, 2.75) is 6.54 Å². The Labute approximate surface area is 139 Å². The SMILES string of the molecule is COc1cc(OC)cc(N(Cc2ccc(F)cc2)C(=O)CCl)c1. The predicted molar refractivity (Wildman–Crippen MR) is 87.9 cm³/mol. The first-order chi connectivity index (χ1) is 11.1. The van der Waals surface area contributed by atoms with Crippen LogP contribution in [0, 0.1) is 5.82 Å². The summed E-state index contributed by atoms with van der Waals surface area (Å²) in [5.74, 6) is 0.357. The number of hydrogen-bond donors (Lipinski definition) is 0. The van der Waals surface area contributed by atoms with Crippen molar-refractivity contribution in [3.8, 4) is 11.5 Å². The van der Waals surface area contributed by atoms with Gasteiger partial charge in [-0.25, -0.2) is 4.39 Å². The lowest BCUT2D eigenvalue weighted by Crippen LogP contribution is -2.31. The average Bonchev–Trinajstić information content (AvgIpc) is 2.59. The number of nitrogens with zero attached hydrogens (tertiary/aromatic N) is 1. The van der Waals surface area contributed by atoms with E-state index in [1.54, 1.807) is 30.3 Å². The fraction of sp³-hybridized carbons (Fsp3) is 0.235. The lowest BCUT2D eigenvalue weighted by atomic mass is 10.2. The Morgan fingerprint density at radius 3 is 2.13 bits per heavy atom. The van der Waals surface area contributed by atoms with E-state index < -0.39 is 0 Å². The fourth-order valence-corrected chi connectivity index (χ4v) is 2.26. The van der Waals surface area contributed by atoms with Gasteiger partial charge in [0.05, 0.1) is 26.5 Å². The Morgan fingerprint density at radius 1 is 1.09 bits per heavy atom. The summed E-state index contributed by atoms with van der Waals surface area (Å²) in [6, 6.07) is 11.1. The van der Waals surface area contributed by atoms with Gasteiger partial charge in [0.1, 0.15) is 23.2 Å². The van der Waals surface area contributed by atoms with E-state index in [9.17, 15) is 9.18 Å². The van der Waals surface area contributed by atoms with Gasteiger partial charge < -0.3 is 14.4 Å². The van der Waals surface area contributed by atoms with Crippen LogP contribution in [0.1, 0.15) is 5.56 Å². The highest BCUT2D eigenvalue weighted by molar-refractivity contribution is 6.29. The summed E-state index contributed by atoms with van der Waals surface area (Å²) in [4.78, 5) is 13.7. The molecule has 2 rings (SSSR count). The number of methoxy groups -OCH3 is 2. The molecular formula is C17H17ClFNO3. The number of carbonyl (C=O) groups excluding carboxylic acids is 1. The zero-order chi connectivity index (χ0) is 16.8. The minimum absolute atomic E-state index is 0.166. The lowest BCUT2D eigenvalue weighted by Gasteiger charge is -2.23.